The summed E-state index contributed by atoms with van der Waals surface area (Å²) in [6, 6.07) is 15.3. The monoisotopic (exact) mass is 483 g/mol. The summed E-state index contributed by atoms with van der Waals surface area (Å²) >= 11 is 10.1. The Balaban J connectivity index is 0.000000275. The molecule has 1 unspecified atom stereocenters. The van der Waals surface area contributed by atoms with Crippen molar-refractivity contribution in [1.29, 1.82) is 0 Å². The molecule has 1 aromatic heterocycles. The molecule has 0 radical (unpaired) electrons. The Bertz CT molecular complexity index is 1040. The molecule has 1 aliphatic heterocycles. The lowest BCUT2D eigenvalue weighted by atomic mass is 9.58. The third kappa shape index (κ3) is 5.44. The van der Waals surface area contributed by atoms with Crippen LogP contribution in [0, 0.1) is 0 Å². The van der Waals surface area contributed by atoms with E-state index in [1.54, 1.807) is 12.4 Å². The first-order chi connectivity index (χ1) is 16.0. The topological polar surface area (TPSA) is 99.1 Å². The third-order valence-corrected chi connectivity index (χ3v) is 6.92. The van der Waals surface area contributed by atoms with Gasteiger partial charge in [-0.2, -0.15) is 0 Å². The molecule has 0 amide bonds. The van der Waals surface area contributed by atoms with Crippen LogP contribution in [0.1, 0.15) is 42.0 Å². The summed E-state index contributed by atoms with van der Waals surface area (Å²) in [6.45, 7) is 2.11. The summed E-state index contributed by atoms with van der Waals surface area (Å²) in [7, 11) is 0. The minimum Gasteiger partial charge on any atom is -0.492 e. The van der Waals surface area contributed by atoms with Crippen molar-refractivity contribution in [3.63, 3.8) is 0 Å². The standard InChI is InChI=1S/C21H25ClN2O.C4H5N3S/c22-17-5-3-16(4-6-17)21(9-1-10-21)20-19-14-18(25-13-11-23)7-2-15(19)8-12-24-20;5-4-6-1-3(8)2-7-4/h2-7,14,20,24H,1,8-13,23H2;1-2,8H,(H2,5,6,7). The fraction of sp³-hybridized carbons (Fsp3) is 0.360. The maximum Gasteiger partial charge on any atom is 0.219 e. The quantitative estimate of drug-likeness (QED) is 0.403. The van der Waals surface area contributed by atoms with Crippen LogP contribution in [-0.2, 0) is 11.8 Å². The van der Waals surface area contributed by atoms with E-state index in [4.69, 9.17) is 27.8 Å². The number of nitrogen functional groups attached to an aromatic ring is 1. The number of hydrogen-bond acceptors (Lipinski definition) is 7. The molecule has 8 heteroatoms. The van der Waals surface area contributed by atoms with Crippen LogP contribution in [0.25, 0.3) is 0 Å². The fourth-order valence-electron chi connectivity index (χ4n) is 4.70. The summed E-state index contributed by atoms with van der Waals surface area (Å²) in [6.07, 6.45) is 7.86. The van der Waals surface area contributed by atoms with E-state index >= 15 is 0 Å². The number of nitrogens with one attached hydrogen (secondary N) is 1. The molecule has 1 saturated carbocycles. The van der Waals surface area contributed by atoms with E-state index in [-0.39, 0.29) is 11.4 Å². The third-order valence-electron chi connectivity index (χ3n) is 6.43. The van der Waals surface area contributed by atoms with Crippen LogP contribution in [0.4, 0.5) is 5.95 Å². The van der Waals surface area contributed by atoms with Crippen LogP contribution in [0.3, 0.4) is 0 Å². The largest absolute Gasteiger partial charge is 0.492 e. The summed E-state index contributed by atoms with van der Waals surface area (Å²) in [4.78, 5) is 8.06. The lowest BCUT2D eigenvalue weighted by Crippen LogP contribution is -2.49. The Labute approximate surface area is 205 Å². The van der Waals surface area contributed by atoms with Gasteiger partial charge in [0.2, 0.25) is 5.95 Å². The van der Waals surface area contributed by atoms with Gasteiger partial charge in [-0.05, 0) is 66.8 Å². The number of hydrogen-bond donors (Lipinski definition) is 4. The first kappa shape index (κ1) is 23.8. The van der Waals surface area contributed by atoms with E-state index in [9.17, 15) is 0 Å². The molecule has 6 nitrogen and oxygen atoms in total. The van der Waals surface area contributed by atoms with Crippen molar-refractivity contribution in [2.24, 2.45) is 5.73 Å². The minimum atomic E-state index is 0.159. The van der Waals surface area contributed by atoms with Gasteiger partial charge in [0.05, 0.1) is 0 Å². The Hall–Kier alpha value is -2.32. The molecule has 0 saturated heterocycles. The predicted octanol–water partition coefficient (Wildman–Crippen LogP) is 4.33. The number of ether oxygens (including phenoxy) is 1. The second-order valence-corrected chi connectivity index (χ2v) is 9.40. The molecule has 2 aliphatic rings. The van der Waals surface area contributed by atoms with Gasteiger partial charge < -0.3 is 21.5 Å². The minimum absolute atomic E-state index is 0.159. The molecule has 2 heterocycles. The number of aromatic nitrogens is 2. The summed E-state index contributed by atoms with van der Waals surface area (Å²) < 4.78 is 5.79. The number of nitrogens with two attached hydrogens (primary N) is 2. The predicted molar refractivity (Wildman–Crippen MR) is 136 cm³/mol. The van der Waals surface area contributed by atoms with E-state index in [0.29, 0.717) is 19.2 Å². The zero-order chi connectivity index (χ0) is 23.3. The lowest BCUT2D eigenvalue weighted by molar-refractivity contribution is 0.164. The highest BCUT2D eigenvalue weighted by molar-refractivity contribution is 7.80. The van der Waals surface area contributed by atoms with Crippen LogP contribution in [0.2, 0.25) is 5.02 Å². The summed E-state index contributed by atoms with van der Waals surface area (Å²) in [5.74, 6) is 1.20. The summed E-state index contributed by atoms with van der Waals surface area (Å²) in [5, 5.41) is 4.60. The highest BCUT2D eigenvalue weighted by Crippen LogP contribution is 2.53. The molecular formula is C25H30ClN5OS. The summed E-state index contributed by atoms with van der Waals surface area (Å²) in [5.41, 5.74) is 15.1. The van der Waals surface area contributed by atoms with E-state index in [2.05, 4.69) is 58.2 Å². The Morgan fingerprint density at radius 1 is 1.12 bits per heavy atom. The van der Waals surface area contributed by atoms with Crippen LogP contribution in [0.15, 0.2) is 59.8 Å². The molecule has 5 N–H and O–H groups in total. The fourth-order valence-corrected chi connectivity index (χ4v) is 4.95. The van der Waals surface area contributed by atoms with Gasteiger partial charge in [-0.25, -0.2) is 9.97 Å². The Morgan fingerprint density at radius 3 is 2.45 bits per heavy atom. The molecule has 5 rings (SSSR count). The maximum absolute atomic E-state index is 6.12. The Morgan fingerprint density at radius 2 is 1.85 bits per heavy atom. The normalized spacial score (nSPS) is 18.3. The molecule has 0 spiro atoms. The van der Waals surface area contributed by atoms with Crippen molar-refractivity contribution < 1.29 is 4.74 Å². The smallest absolute Gasteiger partial charge is 0.219 e. The van der Waals surface area contributed by atoms with Gasteiger partial charge in [0.15, 0.2) is 0 Å². The number of anilines is 1. The first-order valence-corrected chi connectivity index (χ1v) is 12.1. The van der Waals surface area contributed by atoms with Crippen LogP contribution < -0.4 is 21.5 Å². The Kier molecular flexibility index (Phi) is 7.75. The van der Waals surface area contributed by atoms with Crippen molar-refractivity contribution in [2.75, 3.05) is 25.4 Å². The number of thiol groups is 1. The second-order valence-electron chi connectivity index (χ2n) is 8.45. The zero-order valence-electron chi connectivity index (χ0n) is 18.5. The van der Waals surface area contributed by atoms with Crippen molar-refractivity contribution in [3.05, 3.63) is 76.6 Å². The van der Waals surface area contributed by atoms with Gasteiger partial charge in [0.1, 0.15) is 12.4 Å². The maximum atomic E-state index is 6.12. The van der Waals surface area contributed by atoms with Crippen LogP contribution >= 0.6 is 24.2 Å². The van der Waals surface area contributed by atoms with Gasteiger partial charge in [-0.3, -0.25) is 0 Å². The van der Waals surface area contributed by atoms with Gasteiger partial charge in [0.25, 0.3) is 0 Å². The van der Waals surface area contributed by atoms with Gasteiger partial charge in [0, 0.05) is 40.3 Å². The highest BCUT2D eigenvalue weighted by atomic mass is 35.5. The molecule has 174 valence electrons. The van der Waals surface area contributed by atoms with Crippen LogP contribution in [0.5, 0.6) is 5.75 Å². The van der Waals surface area contributed by atoms with Crippen molar-refractivity contribution in [2.45, 2.75) is 42.0 Å². The lowest BCUT2D eigenvalue weighted by Gasteiger charge is -2.50. The molecular weight excluding hydrogens is 454 g/mol. The van der Waals surface area contributed by atoms with Crippen LogP contribution in [-0.4, -0.2) is 29.7 Å². The van der Waals surface area contributed by atoms with Gasteiger partial charge >= 0.3 is 0 Å². The molecule has 1 atom stereocenters. The van der Waals surface area contributed by atoms with E-state index in [1.807, 2.05) is 12.1 Å². The number of fused-ring (bicyclic) bond motifs is 1. The second kappa shape index (κ2) is 10.7. The molecule has 3 aromatic rings. The zero-order valence-corrected chi connectivity index (χ0v) is 20.2. The average molecular weight is 484 g/mol. The number of nitrogens with zero attached hydrogens (tertiary/aromatic N) is 2. The van der Waals surface area contributed by atoms with E-state index in [0.717, 1.165) is 28.6 Å². The van der Waals surface area contributed by atoms with Gasteiger partial charge in [-0.15, -0.1) is 12.6 Å². The van der Waals surface area contributed by atoms with Crippen molar-refractivity contribution >= 4 is 30.2 Å². The molecule has 33 heavy (non-hydrogen) atoms. The van der Waals surface area contributed by atoms with E-state index < -0.39 is 0 Å². The number of benzene rings is 2. The number of rotatable bonds is 5. The molecule has 1 aliphatic carbocycles. The highest BCUT2D eigenvalue weighted by Gasteiger charge is 2.47. The SMILES string of the molecule is NCCOc1ccc2c(c1)C(C1(c3ccc(Cl)cc3)CCC1)NCC2.Nc1ncc(S)cn1. The number of halogens is 1. The van der Waals surface area contributed by atoms with Crippen molar-refractivity contribution in [1.82, 2.24) is 15.3 Å². The molecule has 2 aromatic carbocycles. The van der Waals surface area contributed by atoms with Crippen molar-refractivity contribution in [3.8, 4) is 5.75 Å². The van der Waals surface area contributed by atoms with E-state index in [1.165, 1.54) is 36.0 Å². The molecule has 1 fully saturated rings. The van der Waals surface area contributed by atoms with Gasteiger partial charge in [-0.1, -0.05) is 36.2 Å². The first-order valence-electron chi connectivity index (χ1n) is 11.2. The average Bonchev–Trinajstić information content (AvgIpc) is 2.80. The molecule has 0 bridgehead atoms.